The molecule has 0 radical (unpaired) electrons. The first kappa shape index (κ1) is 16.7. The van der Waals surface area contributed by atoms with Crippen LogP contribution in [0.5, 0.6) is 0 Å². The Morgan fingerprint density at radius 1 is 0.960 bits per heavy atom. The summed E-state index contributed by atoms with van der Waals surface area (Å²) in [6.07, 6.45) is 17.3. The van der Waals surface area contributed by atoms with Crippen molar-refractivity contribution in [3.05, 3.63) is 30.4 Å². The summed E-state index contributed by atoms with van der Waals surface area (Å²) in [5.74, 6) is 2.18. The quantitative estimate of drug-likeness (QED) is 0.692. The smallest absolute Gasteiger partial charge is 0.163 e. The Balaban J connectivity index is 1.54. The second-order valence-corrected chi connectivity index (χ2v) is 8.38. The molecule has 0 unspecified atom stereocenters. The van der Waals surface area contributed by atoms with Gasteiger partial charge in [0.1, 0.15) is 5.82 Å². The molecule has 4 nitrogen and oxygen atoms in total. The maximum absolute atomic E-state index is 4.67. The molecule has 3 aliphatic carbocycles. The fourth-order valence-electron chi connectivity index (χ4n) is 5.27. The molecule has 134 valence electrons. The van der Waals surface area contributed by atoms with Crippen molar-refractivity contribution in [2.24, 2.45) is 12.5 Å². The lowest BCUT2D eigenvalue weighted by Crippen LogP contribution is -2.45. The van der Waals surface area contributed by atoms with Crippen LogP contribution in [0.15, 0.2) is 24.5 Å². The molecule has 0 aromatic carbocycles. The average Bonchev–Trinajstić information content (AvgIpc) is 3.06. The summed E-state index contributed by atoms with van der Waals surface area (Å²) in [5.41, 5.74) is 2.01. The summed E-state index contributed by atoms with van der Waals surface area (Å²) in [7, 11) is 2.14. The van der Waals surface area contributed by atoms with E-state index in [2.05, 4.69) is 33.7 Å². The van der Waals surface area contributed by atoms with Gasteiger partial charge < -0.3 is 4.57 Å². The van der Waals surface area contributed by atoms with Crippen molar-refractivity contribution < 1.29 is 0 Å². The molecular formula is C21H30N4. The molecule has 0 spiro atoms. The molecule has 3 aliphatic rings. The lowest BCUT2D eigenvalue weighted by molar-refractivity contribution is 0.0250. The molecule has 2 bridgehead atoms. The molecule has 2 heterocycles. The second kappa shape index (κ2) is 6.54. The van der Waals surface area contributed by atoms with Gasteiger partial charge in [-0.1, -0.05) is 26.2 Å². The van der Waals surface area contributed by atoms with Crippen LogP contribution < -0.4 is 0 Å². The molecule has 3 saturated carbocycles. The summed E-state index contributed by atoms with van der Waals surface area (Å²) in [6, 6.07) is 4.04. The van der Waals surface area contributed by atoms with Crippen LogP contribution >= 0.6 is 0 Å². The third-order valence-electron chi connectivity index (χ3n) is 7.00. The average molecular weight is 338 g/mol. The van der Waals surface area contributed by atoms with Crippen LogP contribution in [0.4, 0.5) is 0 Å². The standard InChI is InChI=1S/C21H30N4/c1-3-4-5-8-20-9-12-21(13-10-20,14-11-20)19-24-23-18(25(19)2)17-6-15-22-16-7-17/h6-7,15-16H,3-5,8-14H2,1-2H3. The number of unbranched alkanes of at least 4 members (excludes halogenated alkanes) is 2. The Hall–Kier alpha value is -1.71. The van der Waals surface area contributed by atoms with E-state index in [9.17, 15) is 0 Å². The molecule has 0 aliphatic heterocycles. The number of hydrogen-bond donors (Lipinski definition) is 0. The maximum Gasteiger partial charge on any atom is 0.163 e. The minimum absolute atomic E-state index is 0.263. The summed E-state index contributed by atoms with van der Waals surface area (Å²) in [5, 5.41) is 9.21. The summed E-state index contributed by atoms with van der Waals surface area (Å²) in [4.78, 5) is 4.11. The molecule has 0 saturated heterocycles. The van der Waals surface area contributed by atoms with Gasteiger partial charge in [-0.05, 0) is 62.5 Å². The molecule has 4 heteroatoms. The van der Waals surface area contributed by atoms with E-state index in [1.54, 1.807) is 0 Å². The van der Waals surface area contributed by atoms with Crippen molar-refractivity contribution in [3.8, 4) is 11.4 Å². The highest BCUT2D eigenvalue weighted by molar-refractivity contribution is 5.54. The van der Waals surface area contributed by atoms with Crippen LogP contribution in [0.1, 0.15) is 77.0 Å². The summed E-state index contributed by atoms with van der Waals surface area (Å²) in [6.45, 7) is 2.30. The number of nitrogens with zero attached hydrogens (tertiary/aromatic N) is 4. The molecule has 5 rings (SSSR count). The Bertz CT molecular complexity index is 694. The van der Waals surface area contributed by atoms with Gasteiger partial charge in [-0.25, -0.2) is 0 Å². The molecule has 3 fully saturated rings. The zero-order valence-corrected chi connectivity index (χ0v) is 15.7. The van der Waals surface area contributed by atoms with Gasteiger partial charge >= 0.3 is 0 Å². The van der Waals surface area contributed by atoms with E-state index in [4.69, 9.17) is 0 Å². The van der Waals surface area contributed by atoms with Crippen molar-refractivity contribution in [1.29, 1.82) is 0 Å². The van der Waals surface area contributed by atoms with E-state index in [-0.39, 0.29) is 5.41 Å². The van der Waals surface area contributed by atoms with Crippen LogP contribution in [0.3, 0.4) is 0 Å². The molecule has 0 amide bonds. The zero-order chi connectivity index (χ0) is 17.3. The predicted molar refractivity (Wildman–Crippen MR) is 100 cm³/mol. The summed E-state index contributed by atoms with van der Waals surface area (Å²) < 4.78 is 2.24. The van der Waals surface area contributed by atoms with E-state index in [0.717, 1.165) is 11.4 Å². The van der Waals surface area contributed by atoms with Gasteiger partial charge in [0.25, 0.3) is 0 Å². The zero-order valence-electron chi connectivity index (χ0n) is 15.7. The molecule has 0 N–H and O–H groups in total. The van der Waals surface area contributed by atoms with E-state index in [1.807, 2.05) is 24.5 Å². The van der Waals surface area contributed by atoms with Gasteiger partial charge in [0, 0.05) is 30.4 Å². The topological polar surface area (TPSA) is 43.6 Å². The highest BCUT2D eigenvalue weighted by atomic mass is 15.3. The van der Waals surface area contributed by atoms with E-state index < -0.39 is 0 Å². The first-order valence-corrected chi connectivity index (χ1v) is 9.98. The van der Waals surface area contributed by atoms with Gasteiger partial charge in [-0.15, -0.1) is 10.2 Å². The van der Waals surface area contributed by atoms with Gasteiger partial charge in [-0.2, -0.15) is 0 Å². The van der Waals surface area contributed by atoms with Crippen LogP contribution in [0.2, 0.25) is 0 Å². The Morgan fingerprint density at radius 3 is 2.28 bits per heavy atom. The number of rotatable bonds is 6. The fourth-order valence-corrected chi connectivity index (χ4v) is 5.27. The van der Waals surface area contributed by atoms with E-state index >= 15 is 0 Å². The van der Waals surface area contributed by atoms with Gasteiger partial charge in [0.2, 0.25) is 0 Å². The number of pyridine rings is 1. The second-order valence-electron chi connectivity index (χ2n) is 8.38. The first-order chi connectivity index (χ1) is 12.2. The SMILES string of the molecule is CCCCCC12CCC(c3nnc(-c4ccncc4)n3C)(CC1)CC2. The Kier molecular flexibility index (Phi) is 4.38. The molecular weight excluding hydrogens is 308 g/mol. The van der Waals surface area contributed by atoms with Crippen molar-refractivity contribution in [2.45, 2.75) is 76.5 Å². The van der Waals surface area contributed by atoms with E-state index in [1.165, 1.54) is 70.0 Å². The monoisotopic (exact) mass is 338 g/mol. The third-order valence-corrected chi connectivity index (χ3v) is 7.00. The first-order valence-electron chi connectivity index (χ1n) is 9.98. The van der Waals surface area contributed by atoms with Crippen molar-refractivity contribution in [2.75, 3.05) is 0 Å². The minimum Gasteiger partial charge on any atom is -0.314 e. The third kappa shape index (κ3) is 2.90. The molecule has 2 aromatic heterocycles. The Morgan fingerprint density at radius 2 is 1.64 bits per heavy atom. The molecule has 2 aromatic rings. The van der Waals surface area contributed by atoms with Crippen molar-refractivity contribution in [3.63, 3.8) is 0 Å². The maximum atomic E-state index is 4.67. The highest BCUT2D eigenvalue weighted by Crippen LogP contribution is 2.59. The van der Waals surface area contributed by atoms with Crippen LogP contribution in [0.25, 0.3) is 11.4 Å². The lowest BCUT2D eigenvalue weighted by Gasteiger charge is -2.53. The van der Waals surface area contributed by atoms with Crippen LogP contribution in [-0.4, -0.2) is 19.7 Å². The van der Waals surface area contributed by atoms with Gasteiger partial charge in [-0.3, -0.25) is 4.98 Å². The highest BCUT2D eigenvalue weighted by Gasteiger charge is 2.51. The normalized spacial score (nSPS) is 28.4. The number of fused-ring (bicyclic) bond motifs is 3. The van der Waals surface area contributed by atoms with Crippen molar-refractivity contribution >= 4 is 0 Å². The largest absolute Gasteiger partial charge is 0.314 e. The minimum atomic E-state index is 0.263. The van der Waals surface area contributed by atoms with Crippen LogP contribution in [-0.2, 0) is 12.5 Å². The fraction of sp³-hybridized carbons (Fsp3) is 0.667. The van der Waals surface area contributed by atoms with Gasteiger partial charge in [0.15, 0.2) is 5.82 Å². The predicted octanol–water partition coefficient (Wildman–Crippen LogP) is 5.05. The molecule has 25 heavy (non-hydrogen) atoms. The lowest BCUT2D eigenvalue weighted by atomic mass is 9.52. The molecule has 0 atom stereocenters. The van der Waals surface area contributed by atoms with Gasteiger partial charge in [0.05, 0.1) is 0 Å². The summed E-state index contributed by atoms with van der Waals surface area (Å²) >= 11 is 0. The van der Waals surface area contributed by atoms with Crippen molar-refractivity contribution in [1.82, 2.24) is 19.7 Å². The number of hydrogen-bond acceptors (Lipinski definition) is 3. The number of aromatic nitrogens is 4. The van der Waals surface area contributed by atoms with Crippen LogP contribution in [0, 0.1) is 5.41 Å². The van der Waals surface area contributed by atoms with E-state index in [0.29, 0.717) is 5.41 Å². The Labute approximate surface area is 151 Å².